The molecule has 15 nitrogen and oxygen atoms in total. The van der Waals surface area contributed by atoms with Gasteiger partial charge in [0.2, 0.25) is 17.7 Å². The molecule has 0 fully saturated rings. The number of amides is 4. The second kappa shape index (κ2) is 21.5. The highest BCUT2D eigenvalue weighted by Crippen LogP contribution is 2.17. The molecule has 0 aromatic heterocycles. The molecule has 0 aliphatic carbocycles. The summed E-state index contributed by atoms with van der Waals surface area (Å²) < 4.78 is 10.6. The van der Waals surface area contributed by atoms with E-state index in [1.165, 1.54) is 0 Å². The molecule has 0 saturated heterocycles. The van der Waals surface area contributed by atoms with Gasteiger partial charge in [0.15, 0.2) is 11.6 Å². The highest BCUT2D eigenvalue weighted by atomic mass is 16.6. The van der Waals surface area contributed by atoms with Crippen LogP contribution in [0.15, 0.2) is 30.3 Å². The molecule has 0 heterocycles. The summed E-state index contributed by atoms with van der Waals surface area (Å²) in [6.07, 6.45) is -1.62. The maximum absolute atomic E-state index is 13.7. The number of rotatable bonds is 21. The Hall–Kier alpha value is -4.82. The van der Waals surface area contributed by atoms with Crippen LogP contribution < -0.4 is 21.3 Å². The summed E-state index contributed by atoms with van der Waals surface area (Å²) in [6, 6.07) is 6.81. The van der Waals surface area contributed by atoms with Gasteiger partial charge >= 0.3 is 18.0 Å². The number of carbonyl (C=O) groups excluding carboxylic acids is 7. The zero-order valence-corrected chi connectivity index (χ0v) is 31.6. The van der Waals surface area contributed by atoms with Gasteiger partial charge in [0.25, 0.3) is 0 Å². The minimum absolute atomic E-state index is 0.0286. The van der Waals surface area contributed by atoms with E-state index in [0.29, 0.717) is 0 Å². The molecule has 0 aliphatic rings. The first-order valence-electron chi connectivity index (χ1n) is 17.4. The number of carboxylic acids is 1. The number of ether oxygens (including phenoxy) is 2. The third kappa shape index (κ3) is 20.8. The third-order valence-corrected chi connectivity index (χ3v) is 7.13. The average Bonchev–Trinajstić information content (AvgIpc) is 3.01. The maximum Gasteiger partial charge on any atom is 0.408 e. The number of esters is 1. The number of Topliss-reactive ketones (excluding diaryl/α,β-unsaturated/α-hetero) is 2. The van der Waals surface area contributed by atoms with Crippen molar-refractivity contribution in [2.24, 2.45) is 11.8 Å². The van der Waals surface area contributed by atoms with Gasteiger partial charge in [-0.2, -0.15) is 0 Å². The predicted octanol–water partition coefficient (Wildman–Crippen LogP) is 3.02. The fourth-order valence-electron chi connectivity index (χ4n) is 4.86. The van der Waals surface area contributed by atoms with Crippen molar-refractivity contribution in [3.05, 3.63) is 35.9 Å². The second-order valence-electron chi connectivity index (χ2n) is 15.0. The van der Waals surface area contributed by atoms with E-state index in [0.717, 1.165) is 5.56 Å². The summed E-state index contributed by atoms with van der Waals surface area (Å²) in [5.41, 5.74) is -0.872. The standard InChI is InChI=1S/C37H56N4O11/c1-23(2)18-28(29(43)15-17-31(45)40-27(34(49)51-36(3,4)5)14-16-30(44)38-22-32(46)47)41-33(48)25(19-24-12-10-9-11-13-24)20-26(42)21-39-35(50)52-37(6,7)8/h9-13,23,25,27-28H,14-22H2,1-8H3,(H,38,44)(H,39,50)(H,40,45)(H,41,48)(H,46,47). The third-order valence-electron chi connectivity index (χ3n) is 7.13. The lowest BCUT2D eigenvalue weighted by Crippen LogP contribution is -2.47. The molecule has 1 aromatic rings. The number of alkyl carbamates (subject to hydrolysis) is 1. The molecule has 0 bridgehead atoms. The topological polar surface area (TPSA) is 223 Å². The summed E-state index contributed by atoms with van der Waals surface area (Å²) in [6.45, 7) is 12.7. The lowest BCUT2D eigenvalue weighted by molar-refractivity contribution is -0.159. The van der Waals surface area contributed by atoms with Gasteiger partial charge in [0, 0.05) is 31.6 Å². The first kappa shape index (κ1) is 45.2. The molecule has 0 aliphatic heterocycles. The first-order chi connectivity index (χ1) is 24.0. The molecule has 3 unspecified atom stereocenters. The minimum Gasteiger partial charge on any atom is -0.480 e. The monoisotopic (exact) mass is 732 g/mol. The Kier molecular flexibility index (Phi) is 18.7. The average molecular weight is 733 g/mol. The fourth-order valence-corrected chi connectivity index (χ4v) is 4.86. The number of hydrogen-bond acceptors (Lipinski definition) is 10. The van der Waals surface area contributed by atoms with Gasteiger partial charge in [-0.3, -0.25) is 28.8 Å². The maximum atomic E-state index is 13.7. The summed E-state index contributed by atoms with van der Waals surface area (Å²) in [7, 11) is 0. The van der Waals surface area contributed by atoms with Crippen molar-refractivity contribution < 1.29 is 52.9 Å². The minimum atomic E-state index is -1.25. The Labute approximate surface area is 305 Å². The van der Waals surface area contributed by atoms with Crippen molar-refractivity contribution in [1.82, 2.24) is 21.3 Å². The van der Waals surface area contributed by atoms with E-state index in [1.54, 1.807) is 53.7 Å². The van der Waals surface area contributed by atoms with Crippen LogP contribution in [0, 0.1) is 11.8 Å². The molecule has 0 spiro atoms. The van der Waals surface area contributed by atoms with Crippen molar-refractivity contribution >= 4 is 47.3 Å². The number of carbonyl (C=O) groups is 8. The molecule has 290 valence electrons. The van der Waals surface area contributed by atoms with Crippen LogP contribution in [0.25, 0.3) is 0 Å². The molecule has 0 saturated carbocycles. The number of nitrogens with one attached hydrogen (secondary N) is 4. The number of benzene rings is 1. The Bertz CT molecular complexity index is 1400. The van der Waals surface area contributed by atoms with E-state index in [9.17, 15) is 38.4 Å². The Morgan fingerprint density at radius 3 is 1.90 bits per heavy atom. The Balaban J connectivity index is 3.01. The highest BCUT2D eigenvalue weighted by Gasteiger charge is 2.30. The van der Waals surface area contributed by atoms with Gasteiger partial charge in [-0.05, 0) is 72.3 Å². The van der Waals surface area contributed by atoms with Crippen molar-refractivity contribution in [2.45, 2.75) is 124 Å². The normalized spacial score (nSPS) is 13.2. The quantitative estimate of drug-likeness (QED) is 0.116. The van der Waals surface area contributed by atoms with Crippen LogP contribution in [0.5, 0.6) is 0 Å². The van der Waals surface area contributed by atoms with E-state index in [4.69, 9.17) is 14.6 Å². The Morgan fingerprint density at radius 1 is 0.731 bits per heavy atom. The molecule has 5 N–H and O–H groups in total. The van der Waals surface area contributed by atoms with E-state index in [2.05, 4.69) is 21.3 Å². The summed E-state index contributed by atoms with van der Waals surface area (Å²) in [4.78, 5) is 101. The van der Waals surface area contributed by atoms with Crippen LogP contribution in [-0.4, -0.2) is 88.8 Å². The van der Waals surface area contributed by atoms with Crippen molar-refractivity contribution in [3.8, 4) is 0 Å². The van der Waals surface area contributed by atoms with Crippen LogP contribution in [-0.2, 0) is 49.5 Å². The zero-order chi connectivity index (χ0) is 39.6. The fraction of sp³-hybridized carbons (Fsp3) is 0.622. The molecule has 1 aromatic carbocycles. The molecule has 52 heavy (non-hydrogen) atoms. The number of aliphatic carboxylic acids is 1. The van der Waals surface area contributed by atoms with Crippen LogP contribution >= 0.6 is 0 Å². The number of hydrogen-bond donors (Lipinski definition) is 5. The number of ketones is 2. The van der Waals surface area contributed by atoms with Crippen molar-refractivity contribution in [1.29, 1.82) is 0 Å². The largest absolute Gasteiger partial charge is 0.480 e. The van der Waals surface area contributed by atoms with Crippen LogP contribution in [0.1, 0.15) is 99.5 Å². The first-order valence-corrected chi connectivity index (χ1v) is 17.4. The lowest BCUT2D eigenvalue weighted by atomic mass is 9.91. The van der Waals surface area contributed by atoms with E-state index >= 15 is 0 Å². The molecule has 0 radical (unpaired) electrons. The van der Waals surface area contributed by atoms with Crippen molar-refractivity contribution in [2.75, 3.05) is 13.1 Å². The number of carboxylic acid groups (broad SMARTS) is 1. The van der Waals surface area contributed by atoms with E-state index in [1.807, 2.05) is 32.0 Å². The smallest absolute Gasteiger partial charge is 0.408 e. The zero-order valence-electron chi connectivity index (χ0n) is 31.6. The summed E-state index contributed by atoms with van der Waals surface area (Å²) in [5.74, 6) is -5.64. The van der Waals surface area contributed by atoms with Gasteiger partial charge in [0.1, 0.15) is 23.8 Å². The van der Waals surface area contributed by atoms with Crippen LogP contribution in [0.2, 0.25) is 0 Å². The lowest BCUT2D eigenvalue weighted by Gasteiger charge is -2.25. The second-order valence-corrected chi connectivity index (χ2v) is 15.0. The van der Waals surface area contributed by atoms with Crippen LogP contribution in [0.4, 0.5) is 4.79 Å². The van der Waals surface area contributed by atoms with E-state index < -0.39 is 83.1 Å². The summed E-state index contributed by atoms with van der Waals surface area (Å²) >= 11 is 0. The summed E-state index contributed by atoms with van der Waals surface area (Å²) in [5, 5.41) is 18.7. The molecule has 15 heteroatoms. The highest BCUT2D eigenvalue weighted by molar-refractivity contribution is 5.94. The molecule has 4 amide bonds. The van der Waals surface area contributed by atoms with Gasteiger partial charge in [-0.25, -0.2) is 9.59 Å². The van der Waals surface area contributed by atoms with Crippen LogP contribution in [0.3, 0.4) is 0 Å². The van der Waals surface area contributed by atoms with E-state index in [-0.39, 0.29) is 57.4 Å². The SMILES string of the molecule is CC(C)CC(NC(=O)C(CC(=O)CNC(=O)OC(C)(C)C)Cc1ccccc1)C(=O)CCC(=O)NC(CCC(=O)NCC(=O)O)C(=O)OC(C)(C)C. The molecule has 1 rings (SSSR count). The van der Waals surface area contributed by atoms with Crippen molar-refractivity contribution in [3.63, 3.8) is 0 Å². The van der Waals surface area contributed by atoms with Gasteiger partial charge in [-0.15, -0.1) is 0 Å². The molecular weight excluding hydrogens is 676 g/mol. The van der Waals surface area contributed by atoms with Gasteiger partial charge in [-0.1, -0.05) is 44.2 Å². The molecule has 3 atom stereocenters. The predicted molar refractivity (Wildman–Crippen MR) is 191 cm³/mol. The molecular formula is C37H56N4O11. The van der Waals surface area contributed by atoms with Gasteiger partial charge < -0.3 is 35.8 Å². The van der Waals surface area contributed by atoms with Gasteiger partial charge in [0.05, 0.1) is 12.6 Å². The Morgan fingerprint density at radius 2 is 1.35 bits per heavy atom.